The van der Waals surface area contributed by atoms with Crippen molar-refractivity contribution in [1.29, 1.82) is 0 Å². The average Bonchev–Trinajstić information content (AvgIpc) is 2.12. The minimum absolute atomic E-state index is 0.112. The topological polar surface area (TPSA) is 0 Å². The Morgan fingerprint density at radius 1 is 1.46 bits per heavy atom. The van der Waals surface area contributed by atoms with Gasteiger partial charge < -0.3 is 0 Å². The summed E-state index contributed by atoms with van der Waals surface area (Å²) in [5.74, 6) is 0.208. The van der Waals surface area contributed by atoms with E-state index in [2.05, 4.69) is 5.92 Å². The van der Waals surface area contributed by atoms with Crippen molar-refractivity contribution in [1.82, 2.24) is 0 Å². The molecule has 0 spiro atoms. The second-order valence-electron chi connectivity index (χ2n) is 2.65. The van der Waals surface area contributed by atoms with E-state index in [0.717, 1.165) is 6.07 Å². The van der Waals surface area contributed by atoms with Gasteiger partial charge in [-0.05, 0) is 19.1 Å². The molecule has 13 heavy (non-hydrogen) atoms. The summed E-state index contributed by atoms with van der Waals surface area (Å²) in [7, 11) is 0. The lowest BCUT2D eigenvalue weighted by atomic mass is 10.0. The van der Waals surface area contributed by atoms with Crippen molar-refractivity contribution < 1.29 is 8.78 Å². The van der Waals surface area contributed by atoms with Gasteiger partial charge in [0.05, 0.1) is 5.02 Å². The fourth-order valence-corrected chi connectivity index (χ4v) is 1.19. The molecule has 0 heterocycles. The van der Waals surface area contributed by atoms with Crippen LogP contribution < -0.4 is 0 Å². The molecular weight excluding hydrogens is 194 g/mol. The molecule has 0 aliphatic rings. The third kappa shape index (κ3) is 1.81. The second-order valence-corrected chi connectivity index (χ2v) is 3.05. The lowest BCUT2D eigenvalue weighted by molar-refractivity contribution is 0.552. The number of hydrogen-bond donors (Lipinski definition) is 0. The molecule has 0 N–H and O–H groups in total. The SMILES string of the molecule is C#CC(C)c1c(F)ccc(Cl)c1F. The van der Waals surface area contributed by atoms with Crippen molar-refractivity contribution in [2.75, 3.05) is 0 Å². The van der Waals surface area contributed by atoms with Crippen LogP contribution in [0.2, 0.25) is 5.02 Å². The minimum atomic E-state index is -0.771. The Bertz CT molecular complexity index is 366. The minimum Gasteiger partial charge on any atom is -0.207 e. The molecule has 1 rings (SSSR count). The monoisotopic (exact) mass is 200 g/mol. The van der Waals surface area contributed by atoms with Crippen molar-refractivity contribution in [2.45, 2.75) is 12.8 Å². The van der Waals surface area contributed by atoms with Gasteiger partial charge in [-0.15, -0.1) is 6.42 Å². The maximum absolute atomic E-state index is 13.2. The number of hydrogen-bond acceptors (Lipinski definition) is 0. The molecule has 0 aliphatic heterocycles. The first-order chi connectivity index (χ1) is 6.07. The van der Waals surface area contributed by atoms with Crippen LogP contribution in [0.5, 0.6) is 0 Å². The summed E-state index contributed by atoms with van der Waals surface area (Å²) in [5.41, 5.74) is -0.144. The highest BCUT2D eigenvalue weighted by Crippen LogP contribution is 2.26. The third-order valence-electron chi connectivity index (χ3n) is 1.76. The van der Waals surface area contributed by atoms with Gasteiger partial charge in [0, 0.05) is 11.5 Å². The molecule has 0 saturated carbocycles. The quantitative estimate of drug-likeness (QED) is 0.482. The maximum Gasteiger partial charge on any atom is 0.149 e. The smallest absolute Gasteiger partial charge is 0.149 e. The van der Waals surface area contributed by atoms with Crippen molar-refractivity contribution in [3.05, 3.63) is 34.4 Å². The summed E-state index contributed by atoms with van der Waals surface area (Å²) in [5, 5.41) is -0.112. The van der Waals surface area contributed by atoms with Crippen molar-refractivity contribution >= 4 is 11.6 Å². The van der Waals surface area contributed by atoms with Gasteiger partial charge >= 0.3 is 0 Å². The molecule has 0 radical (unpaired) electrons. The fourth-order valence-electron chi connectivity index (χ4n) is 1.02. The number of rotatable bonds is 1. The Balaban J connectivity index is 3.35. The standard InChI is InChI=1S/C10H7ClF2/c1-3-6(2)9-8(12)5-4-7(11)10(9)13/h1,4-6H,2H3. The van der Waals surface area contributed by atoms with Crippen molar-refractivity contribution in [2.24, 2.45) is 0 Å². The van der Waals surface area contributed by atoms with E-state index >= 15 is 0 Å². The van der Waals surface area contributed by atoms with E-state index < -0.39 is 17.6 Å². The summed E-state index contributed by atoms with van der Waals surface area (Å²) < 4.78 is 26.3. The third-order valence-corrected chi connectivity index (χ3v) is 2.05. The van der Waals surface area contributed by atoms with E-state index in [-0.39, 0.29) is 10.6 Å². The van der Waals surface area contributed by atoms with E-state index in [1.165, 1.54) is 13.0 Å². The molecule has 1 aromatic rings. The van der Waals surface area contributed by atoms with Crippen LogP contribution in [0.4, 0.5) is 8.78 Å². The largest absolute Gasteiger partial charge is 0.207 e. The molecule has 0 saturated heterocycles. The zero-order valence-electron chi connectivity index (χ0n) is 6.94. The Kier molecular flexibility index (Phi) is 2.90. The van der Waals surface area contributed by atoms with Gasteiger partial charge in [-0.25, -0.2) is 8.78 Å². The summed E-state index contributed by atoms with van der Waals surface area (Å²) >= 11 is 5.48. The van der Waals surface area contributed by atoms with E-state index in [9.17, 15) is 8.78 Å². The van der Waals surface area contributed by atoms with Gasteiger partial charge in [-0.2, -0.15) is 0 Å². The molecule has 0 bridgehead atoms. The highest BCUT2D eigenvalue weighted by Gasteiger charge is 2.16. The summed E-state index contributed by atoms with van der Waals surface area (Å²) in [6, 6.07) is 2.27. The van der Waals surface area contributed by atoms with Crippen LogP contribution in [0.15, 0.2) is 12.1 Å². The Morgan fingerprint density at radius 3 is 2.62 bits per heavy atom. The van der Waals surface area contributed by atoms with Gasteiger partial charge in [0.25, 0.3) is 0 Å². The van der Waals surface area contributed by atoms with Crippen molar-refractivity contribution in [3.8, 4) is 12.3 Å². The zero-order valence-corrected chi connectivity index (χ0v) is 7.70. The van der Waals surface area contributed by atoms with E-state index in [1.807, 2.05) is 0 Å². The van der Waals surface area contributed by atoms with E-state index in [0.29, 0.717) is 0 Å². The zero-order chi connectivity index (χ0) is 10.0. The van der Waals surface area contributed by atoms with E-state index in [1.54, 1.807) is 0 Å². The summed E-state index contributed by atoms with van der Waals surface area (Å²) in [6.45, 7) is 1.54. The number of terminal acetylenes is 1. The second kappa shape index (κ2) is 3.76. The summed E-state index contributed by atoms with van der Waals surface area (Å²) in [6.07, 6.45) is 5.07. The molecule has 0 nitrogen and oxygen atoms in total. The molecule has 3 heteroatoms. The van der Waals surface area contributed by atoms with Gasteiger partial charge in [0.2, 0.25) is 0 Å². The van der Waals surface area contributed by atoms with Crippen LogP contribution in [0, 0.1) is 24.0 Å². The molecule has 0 aromatic heterocycles. The van der Waals surface area contributed by atoms with Crippen LogP contribution in [0.3, 0.4) is 0 Å². The van der Waals surface area contributed by atoms with Crippen LogP contribution in [-0.2, 0) is 0 Å². The predicted octanol–water partition coefficient (Wildman–Crippen LogP) is 3.35. The molecule has 1 unspecified atom stereocenters. The summed E-state index contributed by atoms with van der Waals surface area (Å²) in [4.78, 5) is 0. The van der Waals surface area contributed by atoms with Gasteiger partial charge in [-0.1, -0.05) is 17.5 Å². The Labute approximate surface area is 80.5 Å². The Hall–Kier alpha value is -1.07. The average molecular weight is 201 g/mol. The molecule has 68 valence electrons. The first-order valence-electron chi connectivity index (χ1n) is 3.67. The lowest BCUT2D eigenvalue weighted by Crippen LogP contribution is -1.99. The normalized spacial score (nSPS) is 12.2. The van der Waals surface area contributed by atoms with Crippen LogP contribution in [0.1, 0.15) is 18.4 Å². The van der Waals surface area contributed by atoms with Crippen LogP contribution in [0.25, 0.3) is 0 Å². The number of halogens is 3. The maximum atomic E-state index is 13.2. The van der Waals surface area contributed by atoms with Crippen LogP contribution in [-0.4, -0.2) is 0 Å². The number of benzene rings is 1. The highest BCUT2D eigenvalue weighted by molar-refractivity contribution is 6.30. The van der Waals surface area contributed by atoms with Gasteiger partial charge in [0.15, 0.2) is 0 Å². The molecule has 0 fully saturated rings. The molecule has 0 aliphatic carbocycles. The van der Waals surface area contributed by atoms with Gasteiger partial charge in [-0.3, -0.25) is 0 Å². The predicted molar refractivity (Wildman–Crippen MR) is 48.6 cm³/mol. The highest BCUT2D eigenvalue weighted by atomic mass is 35.5. The molecule has 0 amide bonds. The first kappa shape index (κ1) is 10.0. The molecular formula is C10H7ClF2. The molecule has 1 atom stereocenters. The Morgan fingerprint density at radius 2 is 2.08 bits per heavy atom. The fraction of sp³-hybridized carbons (Fsp3) is 0.200. The van der Waals surface area contributed by atoms with Crippen LogP contribution >= 0.6 is 11.6 Å². The van der Waals surface area contributed by atoms with Crippen molar-refractivity contribution in [3.63, 3.8) is 0 Å². The van der Waals surface area contributed by atoms with E-state index in [4.69, 9.17) is 18.0 Å². The molecule has 1 aromatic carbocycles. The lowest BCUT2D eigenvalue weighted by Gasteiger charge is -2.08. The van der Waals surface area contributed by atoms with Gasteiger partial charge in [0.1, 0.15) is 11.6 Å². The first-order valence-corrected chi connectivity index (χ1v) is 4.05.